The molecule has 1 unspecified atom stereocenters. The number of guanidine groups is 1. The number of piperidine rings is 1. The van der Waals surface area contributed by atoms with Gasteiger partial charge in [-0.3, -0.25) is 9.89 Å². The lowest BCUT2D eigenvalue weighted by Crippen LogP contribution is -2.47. The Labute approximate surface area is 191 Å². The molecular weight excluding hydrogens is 487 g/mol. The standard InChI is InChI=1S/C21H33ClN4O.HI/c1-21(10-5-13-27-21)16-25-20(23-2)24-14-17-8-11-26(12-9-17)15-18-6-3-4-7-19(18)22;/h3-4,6-7,17H,5,8-16H2,1-2H3,(H2,23,24,25);1H. The molecule has 3 rings (SSSR count). The molecule has 1 atom stereocenters. The van der Waals surface area contributed by atoms with Gasteiger partial charge in [0.1, 0.15) is 0 Å². The summed E-state index contributed by atoms with van der Waals surface area (Å²) in [4.78, 5) is 6.86. The van der Waals surface area contributed by atoms with Crippen molar-refractivity contribution in [3.05, 3.63) is 34.9 Å². The Morgan fingerprint density at radius 2 is 2.04 bits per heavy atom. The van der Waals surface area contributed by atoms with E-state index in [0.29, 0.717) is 5.92 Å². The van der Waals surface area contributed by atoms with Gasteiger partial charge in [-0.25, -0.2) is 0 Å². The molecule has 2 aliphatic heterocycles. The Kier molecular flexibility index (Phi) is 9.80. The van der Waals surface area contributed by atoms with E-state index >= 15 is 0 Å². The van der Waals surface area contributed by atoms with Crippen LogP contribution in [0.25, 0.3) is 0 Å². The van der Waals surface area contributed by atoms with Crippen molar-refractivity contribution in [2.24, 2.45) is 10.9 Å². The van der Waals surface area contributed by atoms with Gasteiger partial charge in [-0.05, 0) is 63.2 Å². The van der Waals surface area contributed by atoms with Gasteiger partial charge in [-0.2, -0.15) is 0 Å². The molecule has 158 valence electrons. The van der Waals surface area contributed by atoms with Crippen LogP contribution in [-0.2, 0) is 11.3 Å². The molecule has 1 aromatic rings. The van der Waals surface area contributed by atoms with Crippen molar-refractivity contribution in [1.82, 2.24) is 15.5 Å². The molecule has 0 saturated carbocycles. The second kappa shape index (κ2) is 11.6. The number of benzene rings is 1. The molecule has 2 aliphatic rings. The van der Waals surface area contributed by atoms with Gasteiger partial charge in [-0.1, -0.05) is 29.8 Å². The lowest BCUT2D eigenvalue weighted by Gasteiger charge is -2.32. The third-order valence-electron chi connectivity index (χ3n) is 5.77. The summed E-state index contributed by atoms with van der Waals surface area (Å²) in [5.41, 5.74) is 1.17. The first kappa shape index (κ1) is 23.7. The highest BCUT2D eigenvalue weighted by Crippen LogP contribution is 2.24. The molecule has 28 heavy (non-hydrogen) atoms. The number of nitrogens with zero attached hydrogens (tertiary/aromatic N) is 2. The molecule has 0 spiro atoms. The molecule has 2 fully saturated rings. The van der Waals surface area contributed by atoms with Crippen LogP contribution in [0.2, 0.25) is 5.02 Å². The Morgan fingerprint density at radius 3 is 2.68 bits per heavy atom. The van der Waals surface area contributed by atoms with Crippen LogP contribution in [0.15, 0.2) is 29.3 Å². The first-order valence-corrected chi connectivity index (χ1v) is 10.5. The molecule has 1 aromatic carbocycles. The molecule has 2 saturated heterocycles. The summed E-state index contributed by atoms with van der Waals surface area (Å²) in [5, 5.41) is 7.80. The number of halogens is 2. The van der Waals surface area contributed by atoms with Gasteiger partial charge < -0.3 is 15.4 Å². The molecular formula is C21H34ClIN4O. The quantitative estimate of drug-likeness (QED) is 0.339. The van der Waals surface area contributed by atoms with Crippen molar-refractivity contribution >= 4 is 41.5 Å². The lowest BCUT2D eigenvalue weighted by atomic mass is 9.96. The maximum atomic E-state index is 6.29. The molecule has 0 aliphatic carbocycles. The van der Waals surface area contributed by atoms with E-state index in [9.17, 15) is 0 Å². The zero-order valence-electron chi connectivity index (χ0n) is 17.0. The fraction of sp³-hybridized carbons (Fsp3) is 0.667. The van der Waals surface area contributed by atoms with Gasteiger partial charge in [0.15, 0.2) is 5.96 Å². The summed E-state index contributed by atoms with van der Waals surface area (Å²) in [6.45, 7) is 8.01. The number of hydrogen-bond acceptors (Lipinski definition) is 3. The minimum absolute atomic E-state index is 0. The molecule has 0 amide bonds. The minimum Gasteiger partial charge on any atom is -0.373 e. The molecule has 2 heterocycles. The third kappa shape index (κ3) is 7.04. The number of hydrogen-bond donors (Lipinski definition) is 2. The first-order valence-electron chi connectivity index (χ1n) is 10.1. The van der Waals surface area contributed by atoms with E-state index in [1.165, 1.54) is 18.4 Å². The number of aliphatic imine (C=N–C) groups is 1. The topological polar surface area (TPSA) is 48.9 Å². The fourth-order valence-corrected chi connectivity index (χ4v) is 4.12. The zero-order chi connectivity index (χ0) is 19.1. The summed E-state index contributed by atoms with van der Waals surface area (Å²) < 4.78 is 5.84. The maximum Gasteiger partial charge on any atom is 0.191 e. The Balaban J connectivity index is 0.00000280. The SMILES string of the molecule is CN=C(NCC1CCN(Cc2ccccc2Cl)CC1)NCC1(C)CCCO1.I. The van der Waals surface area contributed by atoms with Crippen molar-refractivity contribution < 1.29 is 4.74 Å². The van der Waals surface area contributed by atoms with E-state index in [2.05, 4.69) is 39.6 Å². The average Bonchev–Trinajstić information content (AvgIpc) is 3.12. The van der Waals surface area contributed by atoms with Crippen molar-refractivity contribution in [2.45, 2.75) is 44.8 Å². The highest BCUT2D eigenvalue weighted by atomic mass is 127. The number of nitrogens with one attached hydrogen (secondary N) is 2. The smallest absolute Gasteiger partial charge is 0.191 e. The second-order valence-electron chi connectivity index (χ2n) is 8.02. The number of ether oxygens (including phenoxy) is 1. The summed E-state index contributed by atoms with van der Waals surface area (Å²) in [6.07, 6.45) is 4.67. The summed E-state index contributed by atoms with van der Waals surface area (Å²) in [6, 6.07) is 8.15. The molecule has 7 heteroatoms. The van der Waals surface area contributed by atoms with Crippen molar-refractivity contribution in [1.29, 1.82) is 0 Å². The van der Waals surface area contributed by atoms with Gasteiger partial charge in [0.2, 0.25) is 0 Å². The summed E-state index contributed by atoms with van der Waals surface area (Å²) in [5.74, 6) is 1.56. The highest BCUT2D eigenvalue weighted by molar-refractivity contribution is 14.0. The minimum atomic E-state index is -0.0539. The van der Waals surface area contributed by atoms with Crippen LogP contribution >= 0.6 is 35.6 Å². The first-order chi connectivity index (χ1) is 13.1. The molecule has 0 aromatic heterocycles. The van der Waals surface area contributed by atoms with Gasteiger partial charge in [0, 0.05) is 38.3 Å². The molecule has 5 nitrogen and oxygen atoms in total. The maximum absolute atomic E-state index is 6.29. The van der Waals surface area contributed by atoms with Crippen LogP contribution in [0.3, 0.4) is 0 Å². The van der Waals surface area contributed by atoms with Crippen LogP contribution in [-0.4, -0.2) is 56.3 Å². The van der Waals surface area contributed by atoms with E-state index in [4.69, 9.17) is 16.3 Å². The van der Waals surface area contributed by atoms with Crippen LogP contribution in [0.4, 0.5) is 0 Å². The van der Waals surface area contributed by atoms with E-state index < -0.39 is 0 Å². The summed E-state index contributed by atoms with van der Waals surface area (Å²) >= 11 is 6.29. The van der Waals surface area contributed by atoms with Gasteiger partial charge in [-0.15, -0.1) is 24.0 Å². The van der Waals surface area contributed by atoms with Crippen molar-refractivity contribution in [3.8, 4) is 0 Å². The van der Waals surface area contributed by atoms with Crippen LogP contribution in [0, 0.1) is 5.92 Å². The Bertz CT molecular complexity index is 629. The van der Waals surface area contributed by atoms with Crippen LogP contribution in [0.1, 0.15) is 38.2 Å². The van der Waals surface area contributed by atoms with Gasteiger partial charge >= 0.3 is 0 Å². The largest absolute Gasteiger partial charge is 0.373 e. The normalized spacial score (nSPS) is 24.0. The van der Waals surface area contributed by atoms with E-state index in [-0.39, 0.29) is 29.6 Å². The highest BCUT2D eigenvalue weighted by Gasteiger charge is 2.29. The van der Waals surface area contributed by atoms with E-state index in [1.807, 2.05) is 19.2 Å². The average molecular weight is 521 g/mol. The molecule has 2 N–H and O–H groups in total. The second-order valence-corrected chi connectivity index (χ2v) is 8.43. The Hall–Kier alpha value is -0.570. The van der Waals surface area contributed by atoms with Crippen molar-refractivity contribution in [2.75, 3.05) is 39.8 Å². The number of likely N-dealkylation sites (tertiary alicyclic amines) is 1. The molecule has 0 bridgehead atoms. The van der Waals surface area contributed by atoms with Gasteiger partial charge in [0.05, 0.1) is 5.60 Å². The fourth-order valence-electron chi connectivity index (χ4n) is 3.92. The zero-order valence-corrected chi connectivity index (χ0v) is 20.1. The third-order valence-corrected chi connectivity index (χ3v) is 6.14. The van der Waals surface area contributed by atoms with E-state index in [1.54, 1.807) is 0 Å². The number of rotatable bonds is 6. The van der Waals surface area contributed by atoms with Crippen LogP contribution in [0.5, 0.6) is 0 Å². The Morgan fingerprint density at radius 1 is 1.29 bits per heavy atom. The predicted molar refractivity (Wildman–Crippen MR) is 128 cm³/mol. The monoisotopic (exact) mass is 520 g/mol. The van der Waals surface area contributed by atoms with Crippen molar-refractivity contribution in [3.63, 3.8) is 0 Å². The van der Waals surface area contributed by atoms with Gasteiger partial charge in [0.25, 0.3) is 0 Å². The molecule has 0 radical (unpaired) electrons. The van der Waals surface area contributed by atoms with E-state index in [0.717, 1.165) is 63.2 Å². The summed E-state index contributed by atoms with van der Waals surface area (Å²) in [7, 11) is 1.83. The van der Waals surface area contributed by atoms with Crippen LogP contribution < -0.4 is 10.6 Å². The predicted octanol–water partition coefficient (Wildman–Crippen LogP) is 3.90. The lowest BCUT2D eigenvalue weighted by molar-refractivity contribution is 0.0242.